The van der Waals surface area contributed by atoms with Crippen molar-refractivity contribution >= 4 is 5.78 Å². The first-order valence-corrected chi connectivity index (χ1v) is 5.27. The molecule has 1 aromatic rings. The quantitative estimate of drug-likeness (QED) is 0.584. The van der Waals surface area contributed by atoms with Crippen molar-refractivity contribution in [2.24, 2.45) is 0 Å². The van der Waals surface area contributed by atoms with Gasteiger partial charge in [-0.15, -0.1) is 0 Å². The van der Waals surface area contributed by atoms with Crippen LogP contribution in [0, 0.1) is 0 Å². The molecule has 3 nitrogen and oxygen atoms in total. The number of hydrogen-bond donors (Lipinski definition) is 0. The zero-order valence-electron chi connectivity index (χ0n) is 9.79. The number of alkyl halides is 3. The predicted octanol–water partition coefficient (Wildman–Crippen LogP) is 2.85. The molecule has 100 valence electrons. The third-order valence-electron chi connectivity index (χ3n) is 2.02. The third kappa shape index (κ3) is 5.18. The van der Waals surface area contributed by atoms with Crippen molar-refractivity contribution in [2.75, 3.05) is 19.8 Å². The number of para-hydroxylation sites is 1. The third-order valence-corrected chi connectivity index (χ3v) is 2.02. The van der Waals surface area contributed by atoms with E-state index in [0.29, 0.717) is 11.3 Å². The van der Waals surface area contributed by atoms with Crippen molar-refractivity contribution in [3.63, 3.8) is 0 Å². The molecule has 0 aliphatic heterocycles. The Morgan fingerprint density at radius 1 is 1.22 bits per heavy atom. The van der Waals surface area contributed by atoms with Gasteiger partial charge in [0.15, 0.2) is 5.78 Å². The van der Waals surface area contributed by atoms with Crippen LogP contribution < -0.4 is 4.74 Å². The molecule has 0 unspecified atom stereocenters. The predicted molar refractivity (Wildman–Crippen MR) is 58.8 cm³/mol. The molecule has 18 heavy (non-hydrogen) atoms. The lowest BCUT2D eigenvalue weighted by Gasteiger charge is -2.10. The molecule has 0 amide bonds. The van der Waals surface area contributed by atoms with Gasteiger partial charge < -0.3 is 9.47 Å². The van der Waals surface area contributed by atoms with Gasteiger partial charge in [-0.3, -0.25) is 4.79 Å². The topological polar surface area (TPSA) is 35.5 Å². The number of Topliss-reactive ketones (excluding diaryl/α,β-unsaturated/α-hetero) is 1. The number of carbonyl (C=O) groups excluding carboxylic acids is 1. The first-order valence-electron chi connectivity index (χ1n) is 5.27. The van der Waals surface area contributed by atoms with Gasteiger partial charge in [-0.2, -0.15) is 13.2 Å². The SMILES string of the molecule is CC(=O)c1ccccc1OCCOCC(F)(F)F. The van der Waals surface area contributed by atoms with Crippen LogP contribution in [0.2, 0.25) is 0 Å². The molecule has 0 aromatic heterocycles. The van der Waals surface area contributed by atoms with E-state index in [-0.39, 0.29) is 19.0 Å². The molecule has 1 aromatic carbocycles. The Kier molecular flexibility index (Phi) is 5.15. The van der Waals surface area contributed by atoms with Crippen LogP contribution >= 0.6 is 0 Å². The fourth-order valence-electron chi connectivity index (χ4n) is 1.28. The highest BCUT2D eigenvalue weighted by Gasteiger charge is 2.27. The second kappa shape index (κ2) is 6.39. The Labute approximate surface area is 103 Å². The van der Waals surface area contributed by atoms with Crippen molar-refractivity contribution in [1.82, 2.24) is 0 Å². The molecule has 0 fully saturated rings. The zero-order chi connectivity index (χ0) is 13.6. The number of rotatable bonds is 6. The summed E-state index contributed by atoms with van der Waals surface area (Å²) < 4.78 is 44.9. The van der Waals surface area contributed by atoms with Crippen molar-refractivity contribution in [3.05, 3.63) is 29.8 Å². The van der Waals surface area contributed by atoms with Crippen molar-refractivity contribution in [3.8, 4) is 5.75 Å². The van der Waals surface area contributed by atoms with E-state index in [4.69, 9.17) is 4.74 Å². The van der Waals surface area contributed by atoms with E-state index in [1.165, 1.54) is 6.92 Å². The fraction of sp³-hybridized carbons (Fsp3) is 0.417. The van der Waals surface area contributed by atoms with Crippen molar-refractivity contribution in [1.29, 1.82) is 0 Å². The molecule has 0 radical (unpaired) electrons. The first kappa shape index (κ1) is 14.5. The maximum absolute atomic E-state index is 11.8. The summed E-state index contributed by atoms with van der Waals surface area (Å²) in [5, 5.41) is 0. The Morgan fingerprint density at radius 2 is 1.89 bits per heavy atom. The Balaban J connectivity index is 2.38. The zero-order valence-corrected chi connectivity index (χ0v) is 9.79. The van der Waals surface area contributed by atoms with Crippen molar-refractivity contribution < 1.29 is 27.4 Å². The molecule has 0 saturated heterocycles. The standard InChI is InChI=1S/C12H13F3O3/c1-9(16)10-4-2-3-5-11(10)18-7-6-17-8-12(13,14)15/h2-5H,6-8H2,1H3. The van der Waals surface area contributed by atoms with E-state index in [9.17, 15) is 18.0 Å². The number of benzene rings is 1. The number of carbonyl (C=O) groups is 1. The van der Waals surface area contributed by atoms with E-state index in [0.717, 1.165) is 0 Å². The smallest absolute Gasteiger partial charge is 0.411 e. The summed E-state index contributed by atoms with van der Waals surface area (Å²) in [5.41, 5.74) is 0.397. The lowest BCUT2D eigenvalue weighted by Crippen LogP contribution is -2.19. The van der Waals surface area contributed by atoms with Gasteiger partial charge in [0.25, 0.3) is 0 Å². The molecule has 0 aliphatic carbocycles. The van der Waals surface area contributed by atoms with Crippen LogP contribution in [0.5, 0.6) is 5.75 Å². The summed E-state index contributed by atoms with van der Waals surface area (Å²) in [6.07, 6.45) is -4.34. The molecule has 1 rings (SSSR count). The van der Waals surface area contributed by atoms with Gasteiger partial charge in [0.05, 0.1) is 12.2 Å². The van der Waals surface area contributed by atoms with Crippen LogP contribution in [-0.2, 0) is 4.74 Å². The molecular formula is C12H13F3O3. The van der Waals surface area contributed by atoms with Crippen LogP contribution in [0.3, 0.4) is 0 Å². The molecule has 0 aliphatic rings. The molecule has 0 bridgehead atoms. The van der Waals surface area contributed by atoms with Crippen molar-refractivity contribution in [2.45, 2.75) is 13.1 Å². The van der Waals surface area contributed by atoms with E-state index < -0.39 is 12.8 Å². The van der Waals surface area contributed by atoms with Gasteiger partial charge in [0.2, 0.25) is 0 Å². The minimum absolute atomic E-state index is 0.0413. The van der Waals surface area contributed by atoms with E-state index in [1.807, 2.05) is 0 Å². The molecule has 0 spiro atoms. The van der Waals surface area contributed by atoms with E-state index in [1.54, 1.807) is 24.3 Å². The summed E-state index contributed by atoms with van der Waals surface area (Å²) in [6, 6.07) is 6.54. The second-order valence-electron chi connectivity index (χ2n) is 3.57. The summed E-state index contributed by atoms with van der Waals surface area (Å²) >= 11 is 0. The van der Waals surface area contributed by atoms with Gasteiger partial charge in [0.1, 0.15) is 19.0 Å². The largest absolute Gasteiger partial charge is 0.490 e. The Hall–Kier alpha value is -1.56. The normalized spacial score (nSPS) is 11.3. The average Bonchev–Trinajstić information content (AvgIpc) is 2.27. The summed E-state index contributed by atoms with van der Waals surface area (Å²) in [5.74, 6) is 0.183. The number of hydrogen-bond acceptors (Lipinski definition) is 3. The van der Waals surface area contributed by atoms with Crippen LogP contribution in [0.1, 0.15) is 17.3 Å². The van der Waals surface area contributed by atoms with Gasteiger partial charge >= 0.3 is 6.18 Å². The molecule has 6 heteroatoms. The number of ketones is 1. The van der Waals surface area contributed by atoms with Crippen LogP contribution in [0.4, 0.5) is 13.2 Å². The fourth-order valence-corrected chi connectivity index (χ4v) is 1.28. The molecular weight excluding hydrogens is 249 g/mol. The monoisotopic (exact) mass is 262 g/mol. The molecule has 0 atom stereocenters. The van der Waals surface area contributed by atoms with Gasteiger partial charge in [0, 0.05) is 0 Å². The highest BCUT2D eigenvalue weighted by atomic mass is 19.4. The number of ether oxygens (including phenoxy) is 2. The Morgan fingerprint density at radius 3 is 2.50 bits per heavy atom. The number of halogens is 3. The lowest BCUT2D eigenvalue weighted by atomic mass is 10.1. The average molecular weight is 262 g/mol. The summed E-state index contributed by atoms with van der Waals surface area (Å²) in [6.45, 7) is -0.140. The highest BCUT2D eigenvalue weighted by Crippen LogP contribution is 2.18. The van der Waals surface area contributed by atoms with E-state index >= 15 is 0 Å². The molecule has 0 saturated carbocycles. The maximum Gasteiger partial charge on any atom is 0.411 e. The minimum atomic E-state index is -4.34. The van der Waals surface area contributed by atoms with Gasteiger partial charge in [-0.25, -0.2) is 0 Å². The highest BCUT2D eigenvalue weighted by molar-refractivity contribution is 5.96. The lowest BCUT2D eigenvalue weighted by molar-refractivity contribution is -0.175. The second-order valence-corrected chi connectivity index (χ2v) is 3.57. The van der Waals surface area contributed by atoms with E-state index in [2.05, 4.69) is 4.74 Å². The van der Waals surface area contributed by atoms with Crippen LogP contribution in [-0.4, -0.2) is 31.8 Å². The maximum atomic E-state index is 11.8. The Bertz CT molecular complexity index is 402. The molecule has 0 heterocycles. The summed E-state index contributed by atoms with van der Waals surface area (Å²) in [4.78, 5) is 11.2. The minimum Gasteiger partial charge on any atom is -0.490 e. The van der Waals surface area contributed by atoms with Gasteiger partial charge in [-0.05, 0) is 19.1 Å². The van der Waals surface area contributed by atoms with Crippen LogP contribution in [0.25, 0.3) is 0 Å². The molecule has 0 N–H and O–H groups in total. The summed E-state index contributed by atoms with van der Waals surface area (Å²) in [7, 11) is 0. The first-order chi connectivity index (χ1) is 8.40. The van der Waals surface area contributed by atoms with Gasteiger partial charge in [-0.1, -0.05) is 12.1 Å². The van der Waals surface area contributed by atoms with Crippen LogP contribution in [0.15, 0.2) is 24.3 Å².